The number of carbonyl (C=O) groups is 2. The highest BCUT2D eigenvalue weighted by atomic mass is 32.1. The first-order valence-electron chi connectivity index (χ1n) is 7.75. The van der Waals surface area contributed by atoms with Crippen molar-refractivity contribution in [3.8, 4) is 0 Å². The maximum Gasteiger partial charge on any atom is 0.315 e. The van der Waals surface area contributed by atoms with Crippen LogP contribution in [0.15, 0.2) is 30.3 Å². The average molecular weight is 346 g/mol. The predicted octanol–water partition coefficient (Wildman–Crippen LogP) is 2.09. The van der Waals surface area contributed by atoms with Crippen molar-refractivity contribution in [3.05, 3.63) is 51.5 Å². The van der Waals surface area contributed by atoms with Crippen molar-refractivity contribution in [2.45, 2.75) is 26.3 Å². The summed E-state index contributed by atoms with van der Waals surface area (Å²) in [6.07, 6.45) is 0.669. The Bertz CT molecular complexity index is 680. The van der Waals surface area contributed by atoms with Gasteiger partial charge in [-0.25, -0.2) is 9.78 Å². The number of nitrogens with one attached hydrogen (secondary N) is 3. The largest absolute Gasteiger partial charge is 0.357 e. The molecule has 0 saturated heterocycles. The highest BCUT2D eigenvalue weighted by Crippen LogP contribution is 2.16. The Hall–Kier alpha value is -2.41. The Balaban J connectivity index is 1.89. The van der Waals surface area contributed by atoms with Gasteiger partial charge in [-0.3, -0.25) is 4.79 Å². The fourth-order valence-electron chi connectivity index (χ4n) is 2.20. The number of urea groups is 1. The molecular weight excluding hydrogens is 324 g/mol. The molecule has 128 valence electrons. The summed E-state index contributed by atoms with van der Waals surface area (Å²) in [6, 6.07) is 8.04. The van der Waals surface area contributed by atoms with E-state index in [4.69, 9.17) is 0 Å². The van der Waals surface area contributed by atoms with Crippen LogP contribution in [-0.2, 0) is 11.2 Å². The molecule has 3 amide bonds. The number of thiazole rings is 1. The second kappa shape index (κ2) is 8.44. The van der Waals surface area contributed by atoms with Crippen LogP contribution in [0.5, 0.6) is 0 Å². The van der Waals surface area contributed by atoms with Crippen LogP contribution in [0.2, 0.25) is 0 Å². The Morgan fingerprint density at radius 3 is 2.50 bits per heavy atom. The lowest BCUT2D eigenvalue weighted by Gasteiger charge is -2.18. The number of aryl methyl sites for hydroxylation is 2. The molecular formula is C17H22N4O2S. The third-order valence-electron chi connectivity index (χ3n) is 3.61. The van der Waals surface area contributed by atoms with Gasteiger partial charge in [-0.1, -0.05) is 30.3 Å². The van der Waals surface area contributed by atoms with Gasteiger partial charge in [0.25, 0.3) is 0 Å². The van der Waals surface area contributed by atoms with Crippen LogP contribution in [0, 0.1) is 13.8 Å². The van der Waals surface area contributed by atoms with Crippen LogP contribution < -0.4 is 16.0 Å². The molecule has 2 rings (SSSR count). The summed E-state index contributed by atoms with van der Waals surface area (Å²) in [5.74, 6) is -0.262. The van der Waals surface area contributed by atoms with E-state index in [-0.39, 0.29) is 11.9 Å². The van der Waals surface area contributed by atoms with Gasteiger partial charge in [-0.2, -0.15) is 0 Å². The Labute approximate surface area is 145 Å². The maximum atomic E-state index is 12.1. The minimum atomic E-state index is -0.722. The molecule has 0 aliphatic carbocycles. The quantitative estimate of drug-likeness (QED) is 0.749. The van der Waals surface area contributed by atoms with Gasteiger partial charge < -0.3 is 16.0 Å². The summed E-state index contributed by atoms with van der Waals surface area (Å²) in [6.45, 7) is 4.47. The van der Waals surface area contributed by atoms with Crippen molar-refractivity contribution < 1.29 is 9.59 Å². The predicted molar refractivity (Wildman–Crippen MR) is 95.1 cm³/mol. The molecule has 1 atom stereocenters. The number of rotatable bonds is 6. The number of likely N-dealkylation sites (N-methyl/N-ethyl adjacent to an activating group) is 1. The van der Waals surface area contributed by atoms with E-state index in [1.165, 1.54) is 4.88 Å². The first kappa shape index (κ1) is 17.9. The Kier molecular flexibility index (Phi) is 6.31. The lowest BCUT2D eigenvalue weighted by Crippen LogP contribution is -2.44. The summed E-state index contributed by atoms with van der Waals surface area (Å²) >= 11 is 1.64. The zero-order valence-corrected chi connectivity index (χ0v) is 14.9. The van der Waals surface area contributed by atoms with Crippen molar-refractivity contribution in [1.29, 1.82) is 0 Å². The topological polar surface area (TPSA) is 83.1 Å². The molecule has 0 fully saturated rings. The van der Waals surface area contributed by atoms with E-state index in [9.17, 15) is 9.59 Å². The van der Waals surface area contributed by atoms with E-state index in [1.54, 1.807) is 30.5 Å². The van der Waals surface area contributed by atoms with Gasteiger partial charge in [0.05, 0.1) is 10.7 Å². The summed E-state index contributed by atoms with van der Waals surface area (Å²) in [4.78, 5) is 29.7. The minimum absolute atomic E-state index is 0.262. The minimum Gasteiger partial charge on any atom is -0.357 e. The lowest BCUT2D eigenvalue weighted by molar-refractivity contribution is -0.122. The first-order valence-corrected chi connectivity index (χ1v) is 8.56. The standard InChI is InChI=1S/C17H22N4O2S/c1-11-12(2)24-14(20-11)9-10-19-17(23)21-15(16(22)18-3)13-7-5-4-6-8-13/h4-8,15H,9-10H2,1-3H3,(H,18,22)(H2,19,21,23)/t15-/m1/s1. The molecule has 0 saturated carbocycles. The molecule has 1 heterocycles. The van der Waals surface area contributed by atoms with E-state index in [2.05, 4.69) is 20.9 Å². The van der Waals surface area contributed by atoms with Crippen molar-refractivity contribution >= 4 is 23.3 Å². The van der Waals surface area contributed by atoms with Gasteiger partial charge in [0.15, 0.2) is 0 Å². The van der Waals surface area contributed by atoms with Crippen LogP contribution in [0.25, 0.3) is 0 Å². The monoisotopic (exact) mass is 346 g/mol. The summed E-state index contributed by atoms with van der Waals surface area (Å²) in [5, 5.41) is 9.05. The first-order chi connectivity index (χ1) is 11.5. The zero-order valence-electron chi connectivity index (χ0n) is 14.1. The van der Waals surface area contributed by atoms with Crippen LogP contribution in [0.3, 0.4) is 0 Å². The van der Waals surface area contributed by atoms with Gasteiger partial charge in [-0.15, -0.1) is 11.3 Å². The summed E-state index contributed by atoms with van der Waals surface area (Å²) in [7, 11) is 1.55. The van der Waals surface area contributed by atoms with Crippen molar-refractivity contribution in [1.82, 2.24) is 20.9 Å². The molecule has 7 heteroatoms. The summed E-state index contributed by atoms with van der Waals surface area (Å²) < 4.78 is 0. The van der Waals surface area contributed by atoms with E-state index in [0.717, 1.165) is 16.3 Å². The molecule has 3 N–H and O–H groups in total. The third-order valence-corrected chi connectivity index (χ3v) is 4.75. The van der Waals surface area contributed by atoms with Crippen LogP contribution in [0.1, 0.15) is 27.2 Å². The molecule has 0 bridgehead atoms. The Morgan fingerprint density at radius 1 is 1.21 bits per heavy atom. The average Bonchev–Trinajstić information content (AvgIpc) is 2.90. The zero-order chi connectivity index (χ0) is 17.5. The molecule has 0 aliphatic heterocycles. The molecule has 0 unspecified atom stereocenters. The van der Waals surface area contributed by atoms with E-state index in [1.807, 2.05) is 32.0 Å². The number of benzene rings is 1. The number of hydrogen-bond acceptors (Lipinski definition) is 4. The van der Waals surface area contributed by atoms with Crippen molar-refractivity contribution in [3.63, 3.8) is 0 Å². The highest BCUT2D eigenvalue weighted by Gasteiger charge is 2.21. The van der Waals surface area contributed by atoms with Crippen LogP contribution in [0.4, 0.5) is 4.79 Å². The maximum absolute atomic E-state index is 12.1. The second-order valence-electron chi connectivity index (χ2n) is 5.36. The Morgan fingerprint density at radius 2 is 1.92 bits per heavy atom. The fourth-order valence-corrected chi connectivity index (χ4v) is 3.13. The third kappa shape index (κ3) is 4.79. The van der Waals surface area contributed by atoms with E-state index >= 15 is 0 Å². The molecule has 2 aromatic rings. The van der Waals surface area contributed by atoms with Crippen molar-refractivity contribution in [2.24, 2.45) is 0 Å². The van der Waals surface area contributed by atoms with Gasteiger partial charge in [0.1, 0.15) is 6.04 Å². The van der Waals surface area contributed by atoms with Crippen molar-refractivity contribution in [2.75, 3.05) is 13.6 Å². The molecule has 6 nitrogen and oxygen atoms in total. The lowest BCUT2D eigenvalue weighted by atomic mass is 10.1. The second-order valence-corrected chi connectivity index (χ2v) is 6.65. The molecule has 0 radical (unpaired) electrons. The normalized spacial score (nSPS) is 11.6. The number of nitrogens with zero attached hydrogens (tertiary/aromatic N) is 1. The number of aromatic nitrogens is 1. The van der Waals surface area contributed by atoms with E-state index in [0.29, 0.717) is 13.0 Å². The molecule has 1 aromatic heterocycles. The number of hydrogen-bond donors (Lipinski definition) is 3. The number of carbonyl (C=O) groups excluding carboxylic acids is 2. The smallest absolute Gasteiger partial charge is 0.315 e. The molecule has 0 aliphatic rings. The molecule has 0 spiro atoms. The fraction of sp³-hybridized carbons (Fsp3) is 0.353. The van der Waals surface area contributed by atoms with Gasteiger partial charge in [-0.05, 0) is 19.4 Å². The van der Waals surface area contributed by atoms with E-state index < -0.39 is 6.04 Å². The highest BCUT2D eigenvalue weighted by molar-refractivity contribution is 7.11. The van der Waals surface area contributed by atoms with Gasteiger partial charge in [0.2, 0.25) is 5.91 Å². The van der Waals surface area contributed by atoms with Gasteiger partial charge in [0, 0.05) is 24.9 Å². The SMILES string of the molecule is CNC(=O)[C@H](NC(=O)NCCc1nc(C)c(C)s1)c1ccccc1. The van der Waals surface area contributed by atoms with Crippen LogP contribution in [-0.4, -0.2) is 30.5 Å². The van der Waals surface area contributed by atoms with Gasteiger partial charge >= 0.3 is 6.03 Å². The molecule has 1 aromatic carbocycles. The number of amides is 3. The molecule has 24 heavy (non-hydrogen) atoms. The summed E-state index contributed by atoms with van der Waals surface area (Å²) in [5.41, 5.74) is 1.77. The van der Waals surface area contributed by atoms with Crippen LogP contribution >= 0.6 is 11.3 Å².